The van der Waals surface area contributed by atoms with E-state index in [4.69, 9.17) is 14.2 Å². The van der Waals surface area contributed by atoms with Gasteiger partial charge >= 0.3 is 5.97 Å². The van der Waals surface area contributed by atoms with Crippen molar-refractivity contribution >= 4 is 23.5 Å². The molecule has 1 unspecified atom stereocenters. The molecule has 0 fully saturated rings. The molecule has 9 heteroatoms. The van der Waals surface area contributed by atoms with Crippen LogP contribution < -0.4 is 20.1 Å². The normalized spacial score (nSPS) is 14.4. The fourth-order valence-corrected chi connectivity index (χ4v) is 2.95. The van der Waals surface area contributed by atoms with Crippen molar-refractivity contribution in [3.63, 3.8) is 0 Å². The first kappa shape index (κ1) is 24.5. The largest absolute Gasteiger partial charge is 0.490 e. The van der Waals surface area contributed by atoms with Gasteiger partial charge in [0.15, 0.2) is 11.5 Å². The Hall–Kier alpha value is -2.81. The second-order valence-electron chi connectivity index (χ2n) is 8.42. The van der Waals surface area contributed by atoms with E-state index >= 15 is 0 Å². The minimum absolute atomic E-state index is 0.0472. The van der Waals surface area contributed by atoms with Crippen LogP contribution in [-0.2, 0) is 19.1 Å². The summed E-state index contributed by atoms with van der Waals surface area (Å²) in [7, 11) is 0. The minimum Gasteiger partial charge on any atom is -0.490 e. The molecule has 1 aliphatic heterocycles. The molecule has 0 spiro atoms. The van der Waals surface area contributed by atoms with Crippen LogP contribution in [0.1, 0.15) is 41.0 Å². The molecule has 1 aromatic rings. The van der Waals surface area contributed by atoms with Gasteiger partial charge < -0.3 is 24.8 Å². The quantitative estimate of drug-likeness (QED) is 0.601. The molecule has 0 bridgehead atoms. The van der Waals surface area contributed by atoms with Crippen molar-refractivity contribution in [2.24, 2.45) is 0 Å². The predicted molar refractivity (Wildman–Crippen MR) is 116 cm³/mol. The number of esters is 1. The molecule has 1 aliphatic rings. The van der Waals surface area contributed by atoms with Crippen LogP contribution in [0.3, 0.4) is 0 Å². The molecule has 1 aromatic carbocycles. The molecular formula is C22H33N3O6. The Morgan fingerprint density at radius 1 is 1.16 bits per heavy atom. The van der Waals surface area contributed by atoms with Gasteiger partial charge in [0.1, 0.15) is 11.6 Å². The first-order valence-electron chi connectivity index (χ1n) is 10.5. The molecule has 1 heterocycles. The number of anilines is 1. The predicted octanol–water partition coefficient (Wildman–Crippen LogP) is 1.95. The molecule has 0 aliphatic carbocycles. The monoisotopic (exact) mass is 435 g/mol. The number of benzene rings is 1. The lowest BCUT2D eigenvalue weighted by Gasteiger charge is -2.30. The van der Waals surface area contributed by atoms with Crippen LogP contribution in [0.15, 0.2) is 18.2 Å². The number of nitrogens with one attached hydrogen (secondary N) is 2. The fourth-order valence-electron chi connectivity index (χ4n) is 2.95. The van der Waals surface area contributed by atoms with E-state index in [1.54, 1.807) is 50.8 Å². The molecule has 1 atom stereocenters. The molecule has 2 N–H and O–H groups in total. The molecule has 0 aromatic heterocycles. The number of hydrogen-bond donors (Lipinski definition) is 2. The van der Waals surface area contributed by atoms with E-state index in [1.165, 1.54) is 6.92 Å². The molecule has 2 rings (SSSR count). The summed E-state index contributed by atoms with van der Waals surface area (Å²) in [6.07, 6.45) is 0.794. The van der Waals surface area contributed by atoms with Crippen LogP contribution in [0, 0.1) is 0 Å². The Labute approximate surface area is 183 Å². The maximum atomic E-state index is 12.7. The summed E-state index contributed by atoms with van der Waals surface area (Å²) < 4.78 is 16.7. The number of rotatable bonds is 8. The van der Waals surface area contributed by atoms with Gasteiger partial charge in [-0.25, -0.2) is 0 Å². The number of nitrogens with zero attached hydrogens (tertiary/aromatic N) is 1. The van der Waals surface area contributed by atoms with Gasteiger partial charge in [-0.05, 0) is 39.8 Å². The summed E-state index contributed by atoms with van der Waals surface area (Å²) in [6, 6.07) is 4.55. The van der Waals surface area contributed by atoms with Gasteiger partial charge in [0.05, 0.1) is 19.8 Å². The number of fused-ring (bicyclic) bond motifs is 1. The van der Waals surface area contributed by atoms with E-state index < -0.39 is 17.6 Å². The van der Waals surface area contributed by atoms with Gasteiger partial charge in [-0.1, -0.05) is 0 Å². The van der Waals surface area contributed by atoms with E-state index in [-0.39, 0.29) is 18.4 Å². The highest BCUT2D eigenvalue weighted by Crippen LogP contribution is 2.32. The van der Waals surface area contributed by atoms with Crippen molar-refractivity contribution in [3.8, 4) is 11.5 Å². The van der Waals surface area contributed by atoms with Crippen molar-refractivity contribution in [3.05, 3.63) is 18.2 Å². The Morgan fingerprint density at radius 2 is 1.84 bits per heavy atom. The molecule has 0 saturated heterocycles. The highest BCUT2D eigenvalue weighted by molar-refractivity contribution is 5.93. The van der Waals surface area contributed by atoms with Crippen molar-refractivity contribution in [1.29, 1.82) is 0 Å². The zero-order valence-electron chi connectivity index (χ0n) is 18.9. The third-order valence-electron chi connectivity index (χ3n) is 4.45. The molecule has 172 valence electrons. The summed E-state index contributed by atoms with van der Waals surface area (Å²) in [4.78, 5) is 38.1. The number of carbonyl (C=O) groups is 3. The van der Waals surface area contributed by atoms with Crippen LogP contribution in [0.2, 0.25) is 0 Å². The average Bonchev–Trinajstić information content (AvgIpc) is 2.90. The summed E-state index contributed by atoms with van der Waals surface area (Å²) in [6.45, 7) is 10.2. The Kier molecular flexibility index (Phi) is 8.67. The number of amides is 2. The highest BCUT2D eigenvalue weighted by Gasteiger charge is 2.28. The third-order valence-corrected chi connectivity index (χ3v) is 4.45. The maximum absolute atomic E-state index is 12.7. The average molecular weight is 436 g/mol. The highest BCUT2D eigenvalue weighted by atomic mass is 16.6. The Bertz CT molecular complexity index is 790. The summed E-state index contributed by atoms with van der Waals surface area (Å²) >= 11 is 0. The SMILES string of the molecule is CC(=O)NCCN(CC(=O)Nc1ccc2c(c1)OCCCO2)C(C)C(=O)OC(C)(C)C. The minimum atomic E-state index is -0.664. The van der Waals surface area contributed by atoms with E-state index in [9.17, 15) is 14.4 Å². The topological polar surface area (TPSA) is 106 Å². The lowest BCUT2D eigenvalue weighted by molar-refractivity contribution is -0.160. The van der Waals surface area contributed by atoms with Crippen LogP contribution in [0.25, 0.3) is 0 Å². The lowest BCUT2D eigenvalue weighted by Crippen LogP contribution is -2.48. The van der Waals surface area contributed by atoms with Crippen molar-refractivity contribution < 1.29 is 28.6 Å². The van der Waals surface area contributed by atoms with Crippen molar-refractivity contribution in [1.82, 2.24) is 10.2 Å². The molecule has 31 heavy (non-hydrogen) atoms. The van der Waals surface area contributed by atoms with E-state index in [0.717, 1.165) is 6.42 Å². The van der Waals surface area contributed by atoms with Crippen LogP contribution in [0.4, 0.5) is 5.69 Å². The van der Waals surface area contributed by atoms with E-state index in [2.05, 4.69) is 10.6 Å². The second kappa shape index (κ2) is 11.0. The van der Waals surface area contributed by atoms with Crippen LogP contribution in [0.5, 0.6) is 11.5 Å². The lowest BCUT2D eigenvalue weighted by atomic mass is 10.2. The van der Waals surface area contributed by atoms with Gasteiger partial charge in [-0.15, -0.1) is 0 Å². The van der Waals surface area contributed by atoms with Crippen LogP contribution in [-0.4, -0.2) is 67.2 Å². The number of hydrogen-bond acceptors (Lipinski definition) is 7. The second-order valence-corrected chi connectivity index (χ2v) is 8.42. The zero-order valence-corrected chi connectivity index (χ0v) is 18.9. The summed E-state index contributed by atoms with van der Waals surface area (Å²) in [5.74, 6) is 0.318. The van der Waals surface area contributed by atoms with Crippen LogP contribution >= 0.6 is 0 Å². The maximum Gasteiger partial charge on any atom is 0.323 e. The molecule has 2 amide bonds. The van der Waals surface area contributed by atoms with Gasteiger partial charge in [0.2, 0.25) is 11.8 Å². The van der Waals surface area contributed by atoms with Gasteiger partial charge in [0.25, 0.3) is 0 Å². The fraction of sp³-hybridized carbons (Fsp3) is 0.591. The van der Waals surface area contributed by atoms with E-state index in [1.807, 2.05) is 0 Å². The molecule has 9 nitrogen and oxygen atoms in total. The number of ether oxygens (including phenoxy) is 3. The van der Waals surface area contributed by atoms with Crippen molar-refractivity contribution in [2.75, 3.05) is 38.2 Å². The molecule has 0 saturated carbocycles. The first-order chi connectivity index (χ1) is 14.5. The third kappa shape index (κ3) is 8.45. The molecular weight excluding hydrogens is 402 g/mol. The Morgan fingerprint density at radius 3 is 2.48 bits per heavy atom. The first-order valence-corrected chi connectivity index (χ1v) is 10.5. The van der Waals surface area contributed by atoms with Crippen molar-refractivity contribution in [2.45, 2.75) is 52.7 Å². The Balaban J connectivity index is 2.04. The smallest absolute Gasteiger partial charge is 0.323 e. The van der Waals surface area contributed by atoms with E-state index in [0.29, 0.717) is 43.5 Å². The summed E-state index contributed by atoms with van der Waals surface area (Å²) in [5, 5.41) is 5.51. The standard InChI is InChI=1S/C22H33N3O6/c1-15(21(28)31-22(3,4)5)25(10-9-23-16(2)26)14-20(27)24-17-7-8-18-19(13-17)30-12-6-11-29-18/h7-8,13,15H,6,9-12,14H2,1-5H3,(H,23,26)(H,24,27). The van der Waals surface area contributed by atoms with Gasteiger partial charge in [-0.2, -0.15) is 0 Å². The number of carbonyl (C=O) groups excluding carboxylic acids is 3. The van der Waals surface area contributed by atoms with Gasteiger partial charge in [0, 0.05) is 38.2 Å². The summed E-state index contributed by atoms with van der Waals surface area (Å²) in [5.41, 5.74) is -0.0677. The molecule has 0 radical (unpaired) electrons. The van der Waals surface area contributed by atoms with Gasteiger partial charge in [-0.3, -0.25) is 19.3 Å². The zero-order chi connectivity index (χ0) is 23.0.